The molecule has 0 aromatic heterocycles. The molecule has 0 atom stereocenters. The molecule has 6 nitrogen and oxygen atoms in total. The Balaban J connectivity index is 2.15. The lowest BCUT2D eigenvalue weighted by Crippen LogP contribution is -2.04. The first-order valence-electron chi connectivity index (χ1n) is 7.00. The summed E-state index contributed by atoms with van der Waals surface area (Å²) in [5, 5.41) is 26.7. The van der Waals surface area contributed by atoms with Gasteiger partial charge in [-0.2, -0.15) is 5.26 Å². The Hall–Kier alpha value is -3.66. The summed E-state index contributed by atoms with van der Waals surface area (Å²) in [5.41, 5.74) is 0.732. The molecule has 0 amide bonds. The van der Waals surface area contributed by atoms with Gasteiger partial charge in [-0.1, -0.05) is 18.2 Å². The second kappa shape index (κ2) is 7.75. The topological polar surface area (TPSA) is 108 Å². The molecule has 126 valence electrons. The van der Waals surface area contributed by atoms with E-state index in [4.69, 9.17) is 20.2 Å². The number of carboxylic acids is 1. The number of aliphatic carboxylic acids is 1. The molecule has 0 aliphatic heterocycles. The van der Waals surface area contributed by atoms with Crippen LogP contribution in [0.5, 0.6) is 5.75 Å². The molecule has 0 saturated heterocycles. The summed E-state index contributed by atoms with van der Waals surface area (Å²) in [4.78, 5) is 22.4. The Morgan fingerprint density at radius 2 is 1.96 bits per heavy atom. The number of carbonyl (C=O) groups excluding carboxylic acids is 1. The minimum atomic E-state index is -1.61. The average Bonchev–Trinajstić information content (AvgIpc) is 2.60. The van der Waals surface area contributed by atoms with Crippen LogP contribution >= 0.6 is 0 Å². The van der Waals surface area contributed by atoms with Gasteiger partial charge in [0.15, 0.2) is 5.78 Å². The summed E-state index contributed by atoms with van der Waals surface area (Å²) < 4.78 is 18.6. The normalized spacial score (nSPS) is 10.8. The van der Waals surface area contributed by atoms with Gasteiger partial charge in [0, 0.05) is 17.2 Å². The highest BCUT2D eigenvalue weighted by molar-refractivity contribution is 6.07. The highest BCUT2D eigenvalue weighted by Gasteiger charge is 2.11. The van der Waals surface area contributed by atoms with Crippen LogP contribution in [0.4, 0.5) is 4.39 Å². The summed E-state index contributed by atoms with van der Waals surface area (Å²) in [6, 6.07) is 11.5. The number of aliphatic hydroxyl groups excluding tert-OH is 1. The molecule has 0 aliphatic carbocycles. The lowest BCUT2D eigenvalue weighted by molar-refractivity contribution is -0.135. The van der Waals surface area contributed by atoms with E-state index in [1.165, 1.54) is 30.3 Å². The van der Waals surface area contributed by atoms with Crippen molar-refractivity contribution in [2.45, 2.75) is 6.61 Å². The molecule has 25 heavy (non-hydrogen) atoms. The van der Waals surface area contributed by atoms with Gasteiger partial charge in [-0.15, -0.1) is 0 Å². The summed E-state index contributed by atoms with van der Waals surface area (Å²) in [6.45, 7) is -0.0168. The smallest absolute Gasteiger partial charge is 0.371 e. The minimum absolute atomic E-state index is 0.0168. The zero-order valence-electron chi connectivity index (χ0n) is 12.8. The van der Waals surface area contributed by atoms with E-state index >= 15 is 0 Å². The molecule has 0 unspecified atom stereocenters. The molecule has 0 bridgehead atoms. The first-order chi connectivity index (χ1) is 11.9. The standard InChI is InChI=1S/C18H12FNO5/c19-14-5-4-12(13(6-14)9-20)10-25-15-3-1-2-11(7-15)16(21)8-17(22)18(23)24/h1-8,22H,10H2,(H,23,24)/b17-8+. The van der Waals surface area contributed by atoms with Gasteiger partial charge in [0.1, 0.15) is 18.2 Å². The third kappa shape index (κ3) is 4.65. The lowest BCUT2D eigenvalue weighted by Gasteiger charge is -2.08. The third-order valence-corrected chi connectivity index (χ3v) is 3.19. The molecule has 0 aliphatic rings. The number of rotatable bonds is 6. The number of nitriles is 1. The van der Waals surface area contributed by atoms with E-state index in [2.05, 4.69) is 0 Å². The van der Waals surface area contributed by atoms with E-state index in [1.807, 2.05) is 6.07 Å². The maximum Gasteiger partial charge on any atom is 0.371 e. The van der Waals surface area contributed by atoms with E-state index in [0.717, 1.165) is 6.07 Å². The van der Waals surface area contributed by atoms with Crippen LogP contribution in [0.25, 0.3) is 0 Å². The minimum Gasteiger partial charge on any atom is -0.502 e. The number of aliphatic hydroxyl groups is 1. The Morgan fingerprint density at radius 3 is 2.64 bits per heavy atom. The Bertz CT molecular complexity index is 899. The van der Waals surface area contributed by atoms with Crippen molar-refractivity contribution in [2.75, 3.05) is 0 Å². The summed E-state index contributed by atoms with van der Waals surface area (Å²) in [5.74, 6) is -3.62. The van der Waals surface area contributed by atoms with Gasteiger partial charge in [-0.3, -0.25) is 4.79 Å². The predicted molar refractivity (Wildman–Crippen MR) is 84.6 cm³/mol. The number of carboxylic acid groups (broad SMARTS) is 1. The molecule has 2 aromatic rings. The predicted octanol–water partition coefficient (Wildman–Crippen LogP) is 2.99. The molecular formula is C18H12FNO5. The van der Waals surface area contributed by atoms with Crippen LogP contribution in [0.1, 0.15) is 21.5 Å². The maximum atomic E-state index is 13.1. The molecule has 0 radical (unpaired) electrons. The first-order valence-corrected chi connectivity index (χ1v) is 7.00. The van der Waals surface area contributed by atoms with Crippen LogP contribution < -0.4 is 4.74 Å². The Kier molecular flexibility index (Phi) is 5.48. The van der Waals surface area contributed by atoms with Gasteiger partial charge in [0.2, 0.25) is 5.76 Å². The Labute approximate surface area is 142 Å². The van der Waals surface area contributed by atoms with E-state index in [1.54, 1.807) is 6.07 Å². The van der Waals surface area contributed by atoms with Gasteiger partial charge in [0.25, 0.3) is 0 Å². The first kappa shape index (κ1) is 17.7. The van der Waals surface area contributed by atoms with Crippen molar-refractivity contribution < 1.29 is 28.9 Å². The fourth-order valence-corrected chi connectivity index (χ4v) is 1.95. The molecule has 7 heteroatoms. The highest BCUT2D eigenvalue weighted by Crippen LogP contribution is 2.18. The molecule has 0 heterocycles. The molecule has 2 rings (SSSR count). The van der Waals surface area contributed by atoms with Crippen molar-refractivity contribution in [3.05, 3.63) is 76.8 Å². The van der Waals surface area contributed by atoms with Crippen molar-refractivity contribution in [1.29, 1.82) is 5.26 Å². The quantitative estimate of drug-likeness (QED) is 0.475. The van der Waals surface area contributed by atoms with E-state index < -0.39 is 23.3 Å². The zero-order chi connectivity index (χ0) is 18.4. The SMILES string of the molecule is N#Cc1cc(F)ccc1COc1cccc(C(=O)/C=C(/O)C(=O)O)c1. The number of benzene rings is 2. The zero-order valence-corrected chi connectivity index (χ0v) is 12.8. The van der Waals surface area contributed by atoms with Crippen molar-refractivity contribution in [3.8, 4) is 11.8 Å². The second-order valence-electron chi connectivity index (χ2n) is 4.93. The molecule has 0 fully saturated rings. The highest BCUT2D eigenvalue weighted by atomic mass is 19.1. The number of allylic oxidation sites excluding steroid dienone is 1. The molecule has 0 saturated carbocycles. The lowest BCUT2D eigenvalue weighted by atomic mass is 10.1. The van der Waals surface area contributed by atoms with Crippen LogP contribution in [0.15, 0.2) is 54.3 Å². The fourth-order valence-electron chi connectivity index (χ4n) is 1.95. The van der Waals surface area contributed by atoms with Gasteiger partial charge in [0.05, 0.1) is 11.6 Å². The number of hydrogen-bond donors (Lipinski definition) is 2. The van der Waals surface area contributed by atoms with E-state index in [0.29, 0.717) is 17.4 Å². The number of ether oxygens (including phenoxy) is 1. The number of carbonyl (C=O) groups is 2. The number of ketones is 1. The molecule has 2 aromatic carbocycles. The summed E-state index contributed by atoms with van der Waals surface area (Å²) in [6.07, 6.45) is 0.592. The largest absolute Gasteiger partial charge is 0.502 e. The maximum absolute atomic E-state index is 13.1. The summed E-state index contributed by atoms with van der Waals surface area (Å²) in [7, 11) is 0. The number of halogens is 1. The molecular weight excluding hydrogens is 329 g/mol. The van der Waals surface area contributed by atoms with E-state index in [9.17, 15) is 14.0 Å². The number of hydrogen-bond acceptors (Lipinski definition) is 5. The van der Waals surface area contributed by atoms with Gasteiger partial charge in [-0.05, 0) is 24.3 Å². The average molecular weight is 341 g/mol. The number of nitrogens with zero attached hydrogens (tertiary/aromatic N) is 1. The van der Waals surface area contributed by atoms with Crippen LogP contribution in [-0.4, -0.2) is 22.0 Å². The monoisotopic (exact) mass is 341 g/mol. The fraction of sp³-hybridized carbons (Fsp3) is 0.0556. The van der Waals surface area contributed by atoms with Crippen molar-refractivity contribution in [2.24, 2.45) is 0 Å². The second-order valence-corrected chi connectivity index (χ2v) is 4.93. The van der Waals surface area contributed by atoms with Crippen molar-refractivity contribution in [1.82, 2.24) is 0 Å². The van der Waals surface area contributed by atoms with Crippen molar-refractivity contribution >= 4 is 11.8 Å². The third-order valence-electron chi connectivity index (χ3n) is 3.19. The van der Waals surface area contributed by atoms with Crippen LogP contribution in [0, 0.1) is 17.1 Å². The summed E-state index contributed by atoms with van der Waals surface area (Å²) >= 11 is 0. The molecule has 0 spiro atoms. The van der Waals surface area contributed by atoms with Gasteiger partial charge in [-0.25, -0.2) is 9.18 Å². The van der Waals surface area contributed by atoms with Crippen LogP contribution in [-0.2, 0) is 11.4 Å². The van der Waals surface area contributed by atoms with Gasteiger partial charge < -0.3 is 14.9 Å². The molecule has 2 N–H and O–H groups in total. The van der Waals surface area contributed by atoms with E-state index in [-0.39, 0.29) is 17.7 Å². The van der Waals surface area contributed by atoms with Crippen molar-refractivity contribution in [3.63, 3.8) is 0 Å². The Morgan fingerprint density at radius 1 is 1.20 bits per heavy atom. The van der Waals surface area contributed by atoms with Crippen LogP contribution in [0.2, 0.25) is 0 Å². The van der Waals surface area contributed by atoms with Crippen LogP contribution in [0.3, 0.4) is 0 Å². The van der Waals surface area contributed by atoms with Gasteiger partial charge >= 0.3 is 5.97 Å².